The molecule has 138 valence electrons. The van der Waals surface area contributed by atoms with Gasteiger partial charge in [0.25, 0.3) is 0 Å². The minimum Gasteiger partial charge on any atom is -0.477 e. The van der Waals surface area contributed by atoms with Crippen LogP contribution in [-0.4, -0.2) is 29.2 Å². The zero-order valence-corrected chi connectivity index (χ0v) is 16.0. The van der Waals surface area contributed by atoms with Crippen molar-refractivity contribution in [2.45, 2.75) is 39.5 Å². The Labute approximate surface area is 158 Å². The number of hydrogen-bond acceptors (Lipinski definition) is 5. The van der Waals surface area contributed by atoms with Gasteiger partial charge in [-0.25, -0.2) is 9.78 Å². The second-order valence-electron chi connectivity index (χ2n) is 6.75. The number of hydrogen-bond donors (Lipinski definition) is 0. The minimum atomic E-state index is -0.440. The van der Waals surface area contributed by atoms with E-state index in [0.717, 1.165) is 18.4 Å². The van der Waals surface area contributed by atoms with Crippen LogP contribution in [0.2, 0.25) is 5.02 Å². The van der Waals surface area contributed by atoms with E-state index in [4.69, 9.17) is 21.1 Å². The molecule has 0 bridgehead atoms. The summed E-state index contributed by atoms with van der Waals surface area (Å²) in [6.45, 7) is 6.60. The fourth-order valence-electron chi connectivity index (χ4n) is 2.58. The van der Waals surface area contributed by atoms with Gasteiger partial charge in [0.1, 0.15) is 5.56 Å². The van der Waals surface area contributed by atoms with Crippen molar-refractivity contribution in [3.05, 3.63) is 40.5 Å². The predicted molar refractivity (Wildman–Crippen MR) is 101 cm³/mol. The van der Waals surface area contributed by atoms with Gasteiger partial charge < -0.3 is 9.47 Å². The number of halogens is 1. The number of carbonyl (C=O) groups excluding carboxylic acids is 1. The quantitative estimate of drug-likeness (QED) is 0.646. The van der Waals surface area contributed by atoms with Crippen LogP contribution >= 0.6 is 11.6 Å². The standard InChI is InChI=1S/C20H23ClN2O3/c1-4-25-20(24)16-17(12(2)3)22-18(14-7-9-15(21)10-8-14)23-19(16)26-11-13-5-6-13/h7-10,12-13H,4-6,11H2,1-3H3. The third kappa shape index (κ3) is 4.33. The number of aromatic nitrogens is 2. The molecule has 3 rings (SSSR count). The summed E-state index contributed by atoms with van der Waals surface area (Å²) < 4.78 is 11.2. The Morgan fingerprint density at radius 1 is 1.23 bits per heavy atom. The van der Waals surface area contributed by atoms with E-state index in [1.165, 1.54) is 0 Å². The van der Waals surface area contributed by atoms with Gasteiger partial charge >= 0.3 is 5.97 Å². The first-order valence-corrected chi connectivity index (χ1v) is 9.35. The van der Waals surface area contributed by atoms with Crippen LogP contribution in [0.1, 0.15) is 55.6 Å². The summed E-state index contributed by atoms with van der Waals surface area (Å²) in [5.41, 5.74) is 1.79. The van der Waals surface area contributed by atoms with Gasteiger partial charge in [0, 0.05) is 10.6 Å². The third-order valence-electron chi connectivity index (χ3n) is 4.19. The van der Waals surface area contributed by atoms with E-state index in [2.05, 4.69) is 9.97 Å². The van der Waals surface area contributed by atoms with E-state index in [9.17, 15) is 4.79 Å². The highest BCUT2D eigenvalue weighted by atomic mass is 35.5. The molecule has 1 aliphatic carbocycles. The summed E-state index contributed by atoms with van der Waals surface area (Å²) in [6.07, 6.45) is 2.31. The van der Waals surface area contributed by atoms with Gasteiger partial charge in [0.2, 0.25) is 5.88 Å². The number of nitrogens with zero attached hydrogens (tertiary/aromatic N) is 2. The van der Waals surface area contributed by atoms with Crippen molar-refractivity contribution in [2.75, 3.05) is 13.2 Å². The fourth-order valence-corrected chi connectivity index (χ4v) is 2.71. The van der Waals surface area contributed by atoms with Gasteiger partial charge in [-0.15, -0.1) is 0 Å². The molecule has 0 radical (unpaired) electrons. The Morgan fingerprint density at radius 3 is 2.50 bits per heavy atom. The second kappa shape index (κ2) is 8.04. The maximum atomic E-state index is 12.5. The van der Waals surface area contributed by atoms with E-state index in [1.807, 2.05) is 26.0 Å². The summed E-state index contributed by atoms with van der Waals surface area (Å²) in [7, 11) is 0. The zero-order chi connectivity index (χ0) is 18.7. The van der Waals surface area contributed by atoms with Gasteiger partial charge in [-0.1, -0.05) is 25.4 Å². The lowest BCUT2D eigenvalue weighted by Crippen LogP contribution is -2.16. The lowest BCUT2D eigenvalue weighted by molar-refractivity contribution is 0.0517. The largest absolute Gasteiger partial charge is 0.477 e. The van der Waals surface area contributed by atoms with Gasteiger partial charge in [-0.05, 0) is 55.9 Å². The molecule has 0 atom stereocenters. The molecule has 0 amide bonds. The van der Waals surface area contributed by atoms with Gasteiger partial charge in [-0.3, -0.25) is 0 Å². The SMILES string of the molecule is CCOC(=O)c1c(OCC2CC2)nc(-c2ccc(Cl)cc2)nc1C(C)C. The van der Waals surface area contributed by atoms with Gasteiger partial charge in [-0.2, -0.15) is 4.98 Å². The Morgan fingerprint density at radius 2 is 1.92 bits per heavy atom. The van der Waals surface area contributed by atoms with Crippen molar-refractivity contribution in [3.8, 4) is 17.3 Å². The molecule has 0 N–H and O–H groups in total. The highest BCUT2D eigenvalue weighted by Crippen LogP contribution is 2.33. The Bertz CT molecular complexity index is 786. The highest BCUT2D eigenvalue weighted by Gasteiger charge is 2.28. The van der Waals surface area contributed by atoms with Crippen LogP contribution < -0.4 is 4.74 Å². The average Bonchev–Trinajstić information content (AvgIpc) is 3.44. The molecule has 2 aromatic rings. The van der Waals surface area contributed by atoms with Crippen LogP contribution in [0.3, 0.4) is 0 Å². The van der Waals surface area contributed by atoms with Gasteiger partial charge in [0.15, 0.2) is 5.82 Å². The van der Waals surface area contributed by atoms with Crippen molar-refractivity contribution in [3.63, 3.8) is 0 Å². The molecular weight excluding hydrogens is 352 g/mol. The number of ether oxygens (including phenoxy) is 2. The van der Waals surface area contributed by atoms with Crippen LogP contribution in [0.25, 0.3) is 11.4 Å². The monoisotopic (exact) mass is 374 g/mol. The molecule has 1 aromatic carbocycles. The van der Waals surface area contributed by atoms with Crippen LogP contribution in [0, 0.1) is 5.92 Å². The first-order chi connectivity index (χ1) is 12.5. The first-order valence-electron chi connectivity index (χ1n) is 8.97. The van der Waals surface area contributed by atoms with Gasteiger partial charge in [0.05, 0.1) is 18.9 Å². The van der Waals surface area contributed by atoms with Crippen molar-refractivity contribution in [2.24, 2.45) is 5.92 Å². The molecule has 6 heteroatoms. The van der Waals surface area contributed by atoms with E-state index in [0.29, 0.717) is 40.5 Å². The fraction of sp³-hybridized carbons (Fsp3) is 0.450. The number of carbonyl (C=O) groups is 1. The highest BCUT2D eigenvalue weighted by molar-refractivity contribution is 6.30. The molecule has 1 heterocycles. The summed E-state index contributed by atoms with van der Waals surface area (Å²) >= 11 is 5.98. The molecule has 1 aromatic heterocycles. The average molecular weight is 375 g/mol. The zero-order valence-electron chi connectivity index (χ0n) is 15.3. The summed E-state index contributed by atoms with van der Waals surface area (Å²) in [5, 5.41) is 0.645. The lowest BCUT2D eigenvalue weighted by atomic mass is 10.0. The molecule has 5 nitrogen and oxygen atoms in total. The van der Waals surface area contributed by atoms with Crippen molar-refractivity contribution in [1.29, 1.82) is 0 Å². The smallest absolute Gasteiger partial charge is 0.345 e. The Kier molecular flexibility index (Phi) is 5.77. The normalized spacial score (nSPS) is 13.7. The molecule has 26 heavy (non-hydrogen) atoms. The second-order valence-corrected chi connectivity index (χ2v) is 7.19. The van der Waals surface area contributed by atoms with E-state index in [1.54, 1.807) is 19.1 Å². The Balaban J connectivity index is 2.08. The first kappa shape index (κ1) is 18.6. The Hall–Kier alpha value is -2.14. The van der Waals surface area contributed by atoms with E-state index >= 15 is 0 Å². The summed E-state index contributed by atoms with van der Waals surface area (Å²) in [6, 6.07) is 7.30. The molecule has 1 saturated carbocycles. The van der Waals surface area contributed by atoms with Crippen LogP contribution in [0.15, 0.2) is 24.3 Å². The molecule has 0 unspecified atom stereocenters. The van der Waals surface area contributed by atoms with Crippen LogP contribution in [0.5, 0.6) is 5.88 Å². The number of esters is 1. The summed E-state index contributed by atoms with van der Waals surface area (Å²) in [4.78, 5) is 21.7. The van der Waals surface area contributed by atoms with Crippen molar-refractivity contribution >= 4 is 17.6 Å². The molecule has 1 aliphatic rings. The molecular formula is C20H23ClN2O3. The molecule has 0 saturated heterocycles. The van der Waals surface area contributed by atoms with Crippen molar-refractivity contribution in [1.82, 2.24) is 9.97 Å². The molecule has 1 fully saturated rings. The van der Waals surface area contributed by atoms with Crippen LogP contribution in [-0.2, 0) is 4.74 Å². The molecule has 0 spiro atoms. The summed E-state index contributed by atoms with van der Waals surface area (Å²) in [5.74, 6) is 0.945. The lowest BCUT2D eigenvalue weighted by Gasteiger charge is -2.17. The minimum absolute atomic E-state index is 0.0201. The maximum Gasteiger partial charge on any atom is 0.345 e. The van der Waals surface area contributed by atoms with Crippen molar-refractivity contribution < 1.29 is 14.3 Å². The third-order valence-corrected chi connectivity index (χ3v) is 4.44. The number of rotatable bonds is 7. The predicted octanol–water partition coefficient (Wildman–Crippen LogP) is 4.89. The number of benzene rings is 1. The topological polar surface area (TPSA) is 61.3 Å². The van der Waals surface area contributed by atoms with E-state index < -0.39 is 5.97 Å². The van der Waals surface area contributed by atoms with E-state index in [-0.39, 0.29) is 12.5 Å². The van der Waals surface area contributed by atoms with Crippen LogP contribution in [0.4, 0.5) is 0 Å². The maximum absolute atomic E-state index is 12.5. The molecule has 0 aliphatic heterocycles.